The first kappa shape index (κ1) is 13.7. The summed E-state index contributed by atoms with van der Waals surface area (Å²) >= 11 is 0. The summed E-state index contributed by atoms with van der Waals surface area (Å²) < 4.78 is 5.58. The van der Waals surface area contributed by atoms with E-state index >= 15 is 0 Å². The van der Waals surface area contributed by atoms with E-state index in [4.69, 9.17) is 4.42 Å². The second-order valence-electron chi connectivity index (χ2n) is 4.61. The largest absolute Gasteiger partial charge is 0.424 e. The van der Waals surface area contributed by atoms with Crippen molar-refractivity contribution in [1.29, 1.82) is 0 Å². The predicted molar refractivity (Wildman–Crippen MR) is 74.8 cm³/mol. The van der Waals surface area contributed by atoms with E-state index in [1.165, 1.54) is 5.56 Å². The van der Waals surface area contributed by atoms with Crippen molar-refractivity contribution in [3.05, 3.63) is 47.7 Å². The fourth-order valence-corrected chi connectivity index (χ4v) is 1.92. The molecule has 2 aromatic rings. The number of benzene rings is 1. The molecule has 4 heteroatoms. The van der Waals surface area contributed by atoms with Crippen LogP contribution in [0.2, 0.25) is 0 Å². The molecule has 0 unspecified atom stereocenters. The minimum atomic E-state index is 0.666. The molecule has 0 saturated carbocycles. The molecule has 0 atom stereocenters. The highest BCUT2D eigenvalue weighted by atomic mass is 16.4. The Labute approximate surface area is 114 Å². The molecule has 1 aromatic heterocycles. The monoisotopic (exact) mass is 259 g/mol. The standard InChI is InChI=1S/C15H21N3O/c1-2-11-16-12-15-18-17-14(19-15)10-6-9-13-7-4-3-5-8-13/h3-5,7-8,16H,2,6,9-12H2,1H3. The highest BCUT2D eigenvalue weighted by molar-refractivity contribution is 5.14. The summed E-state index contributed by atoms with van der Waals surface area (Å²) in [7, 11) is 0. The van der Waals surface area contributed by atoms with Gasteiger partial charge in [0.15, 0.2) is 0 Å². The van der Waals surface area contributed by atoms with Gasteiger partial charge in [0.25, 0.3) is 0 Å². The number of aromatic nitrogens is 2. The van der Waals surface area contributed by atoms with E-state index in [1.54, 1.807) is 0 Å². The molecule has 19 heavy (non-hydrogen) atoms. The maximum absolute atomic E-state index is 5.58. The van der Waals surface area contributed by atoms with Gasteiger partial charge in [-0.2, -0.15) is 0 Å². The van der Waals surface area contributed by atoms with Gasteiger partial charge < -0.3 is 9.73 Å². The Morgan fingerprint density at radius 2 is 1.84 bits per heavy atom. The van der Waals surface area contributed by atoms with Crippen molar-refractivity contribution in [2.24, 2.45) is 0 Å². The quantitative estimate of drug-likeness (QED) is 0.741. The van der Waals surface area contributed by atoms with Crippen LogP contribution in [-0.2, 0) is 19.4 Å². The number of rotatable bonds is 8. The van der Waals surface area contributed by atoms with Crippen LogP contribution in [0.25, 0.3) is 0 Å². The molecule has 1 N–H and O–H groups in total. The first-order chi connectivity index (χ1) is 9.38. The lowest BCUT2D eigenvalue weighted by Crippen LogP contribution is -2.13. The fourth-order valence-electron chi connectivity index (χ4n) is 1.92. The van der Waals surface area contributed by atoms with Gasteiger partial charge in [0.2, 0.25) is 11.8 Å². The second-order valence-corrected chi connectivity index (χ2v) is 4.61. The second kappa shape index (κ2) is 7.69. The van der Waals surface area contributed by atoms with Gasteiger partial charge in [0, 0.05) is 6.42 Å². The maximum atomic E-state index is 5.58. The van der Waals surface area contributed by atoms with Crippen molar-refractivity contribution < 1.29 is 4.42 Å². The molecule has 0 aliphatic carbocycles. The van der Waals surface area contributed by atoms with Gasteiger partial charge in [-0.1, -0.05) is 37.3 Å². The maximum Gasteiger partial charge on any atom is 0.230 e. The average molecular weight is 259 g/mol. The number of nitrogens with zero attached hydrogens (tertiary/aromatic N) is 2. The SMILES string of the molecule is CCCNCc1nnc(CCCc2ccccc2)o1. The molecule has 2 rings (SSSR count). The molecule has 0 saturated heterocycles. The number of aryl methyl sites for hydroxylation is 2. The van der Waals surface area contributed by atoms with Crippen LogP contribution in [0.5, 0.6) is 0 Å². The van der Waals surface area contributed by atoms with Crippen molar-refractivity contribution in [2.75, 3.05) is 6.54 Å². The zero-order valence-corrected chi connectivity index (χ0v) is 11.4. The highest BCUT2D eigenvalue weighted by Crippen LogP contribution is 2.07. The third-order valence-corrected chi connectivity index (χ3v) is 2.91. The van der Waals surface area contributed by atoms with Crippen LogP contribution in [0.4, 0.5) is 0 Å². The molecule has 0 fully saturated rings. The van der Waals surface area contributed by atoms with Crippen molar-refractivity contribution >= 4 is 0 Å². The van der Waals surface area contributed by atoms with Gasteiger partial charge in [-0.3, -0.25) is 0 Å². The smallest absolute Gasteiger partial charge is 0.230 e. The minimum Gasteiger partial charge on any atom is -0.424 e. The molecule has 0 amide bonds. The van der Waals surface area contributed by atoms with E-state index in [1.807, 2.05) is 6.07 Å². The normalized spacial score (nSPS) is 10.8. The Morgan fingerprint density at radius 3 is 2.63 bits per heavy atom. The van der Waals surface area contributed by atoms with Crippen LogP contribution < -0.4 is 5.32 Å². The van der Waals surface area contributed by atoms with E-state index < -0.39 is 0 Å². The van der Waals surface area contributed by atoms with E-state index in [0.717, 1.165) is 38.1 Å². The van der Waals surface area contributed by atoms with Crippen molar-refractivity contribution in [3.8, 4) is 0 Å². The summed E-state index contributed by atoms with van der Waals surface area (Å²) in [6, 6.07) is 10.5. The molecular formula is C15H21N3O. The first-order valence-corrected chi connectivity index (χ1v) is 6.94. The number of hydrogen-bond acceptors (Lipinski definition) is 4. The van der Waals surface area contributed by atoms with Crippen LogP contribution >= 0.6 is 0 Å². The first-order valence-electron chi connectivity index (χ1n) is 6.94. The zero-order valence-electron chi connectivity index (χ0n) is 11.4. The number of hydrogen-bond donors (Lipinski definition) is 1. The van der Waals surface area contributed by atoms with Crippen molar-refractivity contribution in [1.82, 2.24) is 15.5 Å². The molecule has 4 nitrogen and oxygen atoms in total. The van der Waals surface area contributed by atoms with Gasteiger partial charge in [-0.05, 0) is 31.4 Å². The van der Waals surface area contributed by atoms with Crippen LogP contribution in [-0.4, -0.2) is 16.7 Å². The molecule has 0 aliphatic rings. The van der Waals surface area contributed by atoms with Gasteiger partial charge in [0.05, 0.1) is 6.54 Å². The Kier molecular flexibility index (Phi) is 5.56. The third-order valence-electron chi connectivity index (χ3n) is 2.91. The highest BCUT2D eigenvalue weighted by Gasteiger charge is 2.05. The van der Waals surface area contributed by atoms with Crippen LogP contribution in [0.1, 0.15) is 37.1 Å². The summed E-state index contributed by atoms with van der Waals surface area (Å²) in [6.07, 6.45) is 4.04. The van der Waals surface area contributed by atoms with Crippen LogP contribution in [0.3, 0.4) is 0 Å². The lowest BCUT2D eigenvalue weighted by Gasteiger charge is -1.99. The Morgan fingerprint density at radius 1 is 1.05 bits per heavy atom. The van der Waals surface area contributed by atoms with Crippen molar-refractivity contribution in [3.63, 3.8) is 0 Å². The molecule has 0 aliphatic heterocycles. The van der Waals surface area contributed by atoms with Gasteiger partial charge >= 0.3 is 0 Å². The lowest BCUT2D eigenvalue weighted by atomic mass is 10.1. The third kappa shape index (κ3) is 4.83. The van der Waals surface area contributed by atoms with E-state index in [-0.39, 0.29) is 0 Å². The summed E-state index contributed by atoms with van der Waals surface area (Å²) in [5.74, 6) is 1.42. The topological polar surface area (TPSA) is 51.0 Å². The molecule has 0 spiro atoms. The zero-order chi connectivity index (χ0) is 13.3. The van der Waals surface area contributed by atoms with E-state index in [9.17, 15) is 0 Å². The summed E-state index contributed by atoms with van der Waals surface area (Å²) in [6.45, 7) is 3.78. The lowest BCUT2D eigenvalue weighted by molar-refractivity contribution is 0.428. The Bertz CT molecular complexity index is 467. The molecule has 1 heterocycles. The van der Waals surface area contributed by atoms with Gasteiger partial charge in [-0.25, -0.2) is 0 Å². The van der Waals surface area contributed by atoms with Crippen molar-refractivity contribution in [2.45, 2.75) is 39.2 Å². The Hall–Kier alpha value is -1.68. The van der Waals surface area contributed by atoms with Gasteiger partial charge in [-0.15, -0.1) is 10.2 Å². The van der Waals surface area contributed by atoms with Gasteiger partial charge in [0.1, 0.15) is 0 Å². The fraction of sp³-hybridized carbons (Fsp3) is 0.467. The predicted octanol–water partition coefficient (Wildman–Crippen LogP) is 2.74. The molecule has 1 aromatic carbocycles. The number of nitrogens with one attached hydrogen (secondary N) is 1. The average Bonchev–Trinajstić information content (AvgIpc) is 2.88. The summed E-state index contributed by atoms with van der Waals surface area (Å²) in [5.41, 5.74) is 1.35. The summed E-state index contributed by atoms with van der Waals surface area (Å²) in [4.78, 5) is 0. The van der Waals surface area contributed by atoms with Crippen LogP contribution in [0.15, 0.2) is 34.7 Å². The Balaban J connectivity index is 1.71. The summed E-state index contributed by atoms with van der Waals surface area (Å²) in [5, 5.41) is 11.4. The molecular weight excluding hydrogens is 238 g/mol. The van der Waals surface area contributed by atoms with Crippen LogP contribution in [0, 0.1) is 0 Å². The minimum absolute atomic E-state index is 0.666. The van der Waals surface area contributed by atoms with E-state index in [0.29, 0.717) is 12.4 Å². The molecule has 0 bridgehead atoms. The molecule has 102 valence electrons. The van der Waals surface area contributed by atoms with E-state index in [2.05, 4.69) is 46.7 Å². The molecule has 0 radical (unpaired) electrons.